The minimum absolute atomic E-state index is 0.179. The van der Waals surface area contributed by atoms with Gasteiger partial charge in [-0.25, -0.2) is 9.80 Å². The Morgan fingerprint density at radius 1 is 1.11 bits per heavy atom. The number of rotatable bonds is 6. The number of nitrogens with one attached hydrogen (secondary N) is 3. The summed E-state index contributed by atoms with van der Waals surface area (Å²) in [4.78, 5) is 28.3. The van der Waals surface area contributed by atoms with E-state index in [0.29, 0.717) is 35.7 Å². The Kier molecular flexibility index (Phi) is 7.05. The third-order valence-corrected chi connectivity index (χ3v) is 5.95. The second-order valence-corrected chi connectivity index (χ2v) is 8.22. The van der Waals surface area contributed by atoms with Crippen molar-refractivity contribution in [2.24, 2.45) is 5.10 Å². The Morgan fingerprint density at radius 3 is 2.46 bits per heavy atom. The van der Waals surface area contributed by atoms with Gasteiger partial charge in [-0.2, -0.15) is 5.10 Å². The number of fused-ring (bicyclic) bond motifs is 1. The number of hydrazone groups is 1. The third kappa shape index (κ3) is 4.98. The molecule has 4 rings (SSSR count). The van der Waals surface area contributed by atoms with Crippen molar-refractivity contribution in [3.8, 4) is 11.5 Å². The van der Waals surface area contributed by atoms with Crippen LogP contribution in [0.3, 0.4) is 0 Å². The average molecular weight is 476 g/mol. The molecule has 3 N–H and O–H groups in total. The van der Waals surface area contributed by atoms with Gasteiger partial charge >= 0.3 is 6.03 Å². The zero-order valence-corrected chi connectivity index (χ0v) is 20.2. The number of amides is 3. The lowest BCUT2D eigenvalue weighted by Gasteiger charge is -2.22. The van der Waals surface area contributed by atoms with Crippen molar-refractivity contribution in [1.82, 2.24) is 20.6 Å². The Morgan fingerprint density at radius 2 is 1.83 bits per heavy atom. The fourth-order valence-corrected chi connectivity index (χ4v) is 4.08. The lowest BCUT2D eigenvalue weighted by atomic mass is 9.93. The number of benzene rings is 2. The number of hydrogen-bond acceptors (Lipinski definition) is 5. The summed E-state index contributed by atoms with van der Waals surface area (Å²) in [7, 11) is 4.75. The SMILES string of the molecule is CNC(=O)N1N=C(c2ccc(C(=O)NCc3ccc[nH]3)cc2)c2cc(OC)c(OC)cc2CC1C. The average Bonchev–Trinajstić information content (AvgIpc) is 3.36. The molecule has 0 aliphatic carbocycles. The van der Waals surface area contributed by atoms with Crippen molar-refractivity contribution in [3.05, 3.63) is 82.7 Å². The highest BCUT2D eigenvalue weighted by atomic mass is 16.5. The number of H-pyrrole nitrogens is 1. The molecule has 3 aromatic rings. The lowest BCUT2D eigenvalue weighted by Crippen LogP contribution is -2.41. The number of carbonyl (C=O) groups is 2. The van der Waals surface area contributed by atoms with Gasteiger partial charge < -0.3 is 25.1 Å². The maximum atomic E-state index is 12.6. The first-order valence-corrected chi connectivity index (χ1v) is 11.3. The van der Waals surface area contributed by atoms with E-state index >= 15 is 0 Å². The number of aromatic nitrogens is 1. The van der Waals surface area contributed by atoms with Crippen molar-refractivity contribution in [1.29, 1.82) is 0 Å². The van der Waals surface area contributed by atoms with Crippen molar-refractivity contribution in [2.45, 2.75) is 25.9 Å². The quantitative estimate of drug-likeness (QED) is 0.508. The molecule has 9 nitrogen and oxygen atoms in total. The number of nitrogens with zero attached hydrogens (tertiary/aromatic N) is 2. The number of carbonyl (C=O) groups excluding carboxylic acids is 2. The number of aromatic amines is 1. The van der Waals surface area contributed by atoms with E-state index in [-0.39, 0.29) is 18.0 Å². The largest absolute Gasteiger partial charge is 0.493 e. The molecular formula is C26H29N5O4. The van der Waals surface area contributed by atoms with Crippen LogP contribution in [0.25, 0.3) is 0 Å². The predicted octanol–water partition coefficient (Wildman–Crippen LogP) is 3.30. The van der Waals surface area contributed by atoms with Crippen LogP contribution in [0.2, 0.25) is 0 Å². The van der Waals surface area contributed by atoms with Crippen LogP contribution < -0.4 is 20.1 Å². The molecule has 0 saturated carbocycles. The summed E-state index contributed by atoms with van der Waals surface area (Å²) < 4.78 is 11.0. The van der Waals surface area contributed by atoms with Gasteiger partial charge in [-0.05, 0) is 55.3 Å². The van der Waals surface area contributed by atoms with E-state index in [0.717, 1.165) is 22.4 Å². The standard InChI is InChI=1S/C26H29N5O4/c1-16-12-19-13-22(34-3)23(35-4)14-21(19)24(30-31(16)26(33)27-2)17-7-9-18(10-8-17)25(32)29-15-20-6-5-11-28-20/h5-11,13-14,16,28H,12,15H2,1-4H3,(H,27,33)(H,29,32). The van der Waals surface area contributed by atoms with Gasteiger partial charge in [0, 0.05) is 35.6 Å². The van der Waals surface area contributed by atoms with E-state index < -0.39 is 0 Å². The van der Waals surface area contributed by atoms with Crippen LogP contribution in [-0.4, -0.2) is 55.0 Å². The van der Waals surface area contributed by atoms with Crippen LogP contribution in [0.5, 0.6) is 11.5 Å². The molecule has 0 bridgehead atoms. The molecule has 0 fully saturated rings. The Bertz CT molecular complexity index is 1240. The van der Waals surface area contributed by atoms with Crippen molar-refractivity contribution in [2.75, 3.05) is 21.3 Å². The molecule has 1 atom stereocenters. The van der Waals surface area contributed by atoms with Crippen LogP contribution >= 0.6 is 0 Å². The molecule has 0 saturated heterocycles. The summed E-state index contributed by atoms with van der Waals surface area (Å²) in [6.45, 7) is 2.36. The molecule has 182 valence electrons. The first-order valence-electron chi connectivity index (χ1n) is 11.3. The summed E-state index contributed by atoms with van der Waals surface area (Å²) in [5.41, 5.74) is 4.64. The highest BCUT2D eigenvalue weighted by Gasteiger charge is 2.28. The van der Waals surface area contributed by atoms with E-state index in [1.165, 1.54) is 5.01 Å². The van der Waals surface area contributed by atoms with Gasteiger partial charge in [0.2, 0.25) is 0 Å². The zero-order valence-electron chi connectivity index (χ0n) is 20.2. The van der Waals surface area contributed by atoms with Gasteiger partial charge in [-0.3, -0.25) is 4.79 Å². The highest BCUT2D eigenvalue weighted by Crippen LogP contribution is 2.34. The monoisotopic (exact) mass is 475 g/mol. The molecular weight excluding hydrogens is 446 g/mol. The number of urea groups is 1. The molecule has 1 aromatic heterocycles. The van der Waals surface area contributed by atoms with Gasteiger partial charge in [0.25, 0.3) is 5.91 Å². The molecule has 0 spiro atoms. The van der Waals surface area contributed by atoms with Gasteiger partial charge in [0.1, 0.15) is 0 Å². The number of methoxy groups -OCH3 is 2. The normalized spacial score (nSPS) is 14.9. The van der Waals surface area contributed by atoms with Crippen LogP contribution in [0.15, 0.2) is 59.8 Å². The number of ether oxygens (including phenoxy) is 2. The molecule has 2 heterocycles. The Labute approximate surface area is 204 Å². The molecule has 35 heavy (non-hydrogen) atoms. The summed E-state index contributed by atoms with van der Waals surface area (Å²) in [5, 5.41) is 11.8. The van der Waals surface area contributed by atoms with Gasteiger partial charge in [0.05, 0.1) is 32.5 Å². The fraction of sp³-hybridized carbons (Fsp3) is 0.269. The first kappa shape index (κ1) is 23.9. The van der Waals surface area contributed by atoms with E-state index in [4.69, 9.17) is 14.6 Å². The Balaban J connectivity index is 1.71. The fourth-order valence-electron chi connectivity index (χ4n) is 4.08. The van der Waals surface area contributed by atoms with Crippen LogP contribution in [0, 0.1) is 0 Å². The topological polar surface area (TPSA) is 108 Å². The van der Waals surface area contributed by atoms with Crippen molar-refractivity contribution >= 4 is 17.6 Å². The van der Waals surface area contributed by atoms with Gasteiger partial charge in [-0.1, -0.05) is 12.1 Å². The summed E-state index contributed by atoms with van der Waals surface area (Å²) in [5.74, 6) is 1.00. The second-order valence-electron chi connectivity index (χ2n) is 8.22. The molecule has 0 radical (unpaired) electrons. The third-order valence-electron chi connectivity index (χ3n) is 5.95. The molecule has 1 unspecified atom stereocenters. The Hall–Kier alpha value is -4.27. The smallest absolute Gasteiger partial charge is 0.337 e. The minimum Gasteiger partial charge on any atom is -0.493 e. The molecule has 3 amide bonds. The lowest BCUT2D eigenvalue weighted by molar-refractivity contribution is 0.0950. The summed E-state index contributed by atoms with van der Waals surface area (Å²) in [6.07, 6.45) is 2.39. The van der Waals surface area contributed by atoms with Crippen molar-refractivity contribution < 1.29 is 19.1 Å². The maximum absolute atomic E-state index is 12.6. The zero-order chi connectivity index (χ0) is 24.9. The first-order chi connectivity index (χ1) is 16.9. The molecule has 1 aliphatic heterocycles. The van der Waals surface area contributed by atoms with E-state index in [1.54, 1.807) is 33.4 Å². The van der Waals surface area contributed by atoms with Crippen LogP contribution in [-0.2, 0) is 13.0 Å². The van der Waals surface area contributed by atoms with Crippen LogP contribution in [0.4, 0.5) is 4.79 Å². The number of hydrogen-bond donors (Lipinski definition) is 3. The molecule has 9 heteroatoms. The summed E-state index contributed by atoms with van der Waals surface area (Å²) >= 11 is 0. The predicted molar refractivity (Wildman–Crippen MR) is 133 cm³/mol. The highest BCUT2D eigenvalue weighted by molar-refractivity contribution is 6.15. The van der Waals surface area contributed by atoms with E-state index in [2.05, 4.69) is 15.6 Å². The summed E-state index contributed by atoms with van der Waals surface area (Å²) in [6, 6.07) is 14.3. The van der Waals surface area contributed by atoms with Crippen LogP contribution in [0.1, 0.15) is 39.7 Å². The van der Waals surface area contributed by atoms with Gasteiger partial charge in [-0.15, -0.1) is 0 Å². The molecule has 1 aliphatic rings. The van der Waals surface area contributed by atoms with E-state index in [9.17, 15) is 9.59 Å². The van der Waals surface area contributed by atoms with Gasteiger partial charge in [0.15, 0.2) is 11.5 Å². The maximum Gasteiger partial charge on any atom is 0.337 e. The minimum atomic E-state index is -0.304. The van der Waals surface area contributed by atoms with E-state index in [1.807, 2.05) is 49.5 Å². The van der Waals surface area contributed by atoms with Crippen molar-refractivity contribution in [3.63, 3.8) is 0 Å². The molecule has 2 aromatic carbocycles. The second kappa shape index (κ2) is 10.3.